The van der Waals surface area contributed by atoms with Crippen LogP contribution in [-0.2, 0) is 0 Å². The summed E-state index contributed by atoms with van der Waals surface area (Å²) in [5.41, 5.74) is 0.910. The molecule has 2 heterocycles. The number of furan rings is 1. The highest BCUT2D eigenvalue weighted by Crippen LogP contribution is 2.33. The van der Waals surface area contributed by atoms with Crippen molar-refractivity contribution in [2.24, 2.45) is 0 Å². The van der Waals surface area contributed by atoms with Crippen molar-refractivity contribution in [3.8, 4) is 0 Å². The summed E-state index contributed by atoms with van der Waals surface area (Å²) >= 11 is 10.5. The molecule has 6 heteroatoms. The first kappa shape index (κ1) is 15.2. The first-order valence-corrected chi connectivity index (χ1v) is 8.28. The molecular formula is C13H13Br3N2O. The van der Waals surface area contributed by atoms with Crippen LogP contribution in [0, 0.1) is 0 Å². The molecule has 1 unspecified atom stereocenters. The van der Waals surface area contributed by atoms with Crippen molar-refractivity contribution in [2.45, 2.75) is 19.4 Å². The van der Waals surface area contributed by atoms with Crippen LogP contribution in [0.2, 0.25) is 0 Å². The highest BCUT2D eigenvalue weighted by Gasteiger charge is 2.23. The normalized spacial score (nSPS) is 12.6. The third-order valence-corrected chi connectivity index (χ3v) is 4.34. The average Bonchev–Trinajstić information content (AvgIpc) is 2.78. The zero-order valence-electron chi connectivity index (χ0n) is 10.3. The Morgan fingerprint density at radius 2 is 2.11 bits per heavy atom. The fourth-order valence-corrected chi connectivity index (χ4v) is 3.40. The Balaban J connectivity index is 2.40. The maximum absolute atomic E-state index is 5.58. The first-order chi connectivity index (χ1) is 9.13. The van der Waals surface area contributed by atoms with Gasteiger partial charge in [0.1, 0.15) is 11.8 Å². The summed E-state index contributed by atoms with van der Waals surface area (Å²) in [5, 5.41) is 3.46. The zero-order valence-corrected chi connectivity index (χ0v) is 15.0. The second kappa shape index (κ2) is 7.02. The van der Waals surface area contributed by atoms with E-state index in [2.05, 4.69) is 65.0 Å². The molecule has 102 valence electrons. The molecule has 19 heavy (non-hydrogen) atoms. The summed E-state index contributed by atoms with van der Waals surface area (Å²) < 4.78 is 8.41. The molecule has 3 nitrogen and oxygen atoms in total. The number of nitrogens with zero attached hydrogens (tertiary/aromatic N) is 1. The van der Waals surface area contributed by atoms with Gasteiger partial charge in [-0.2, -0.15) is 0 Å². The van der Waals surface area contributed by atoms with Gasteiger partial charge in [-0.05, 0) is 72.9 Å². The standard InChI is InChI=1S/C13H13Br3N2O/c1-2-4-17-12(13-9(15)3-5-19-13)11-10(16)6-8(14)7-18-11/h3,5-7,12,17H,2,4H2,1H3. The lowest BCUT2D eigenvalue weighted by Crippen LogP contribution is -2.24. The molecule has 2 aromatic heterocycles. The smallest absolute Gasteiger partial charge is 0.141 e. The van der Waals surface area contributed by atoms with Crippen LogP contribution < -0.4 is 5.32 Å². The summed E-state index contributed by atoms with van der Waals surface area (Å²) in [6, 6.07) is 3.80. The van der Waals surface area contributed by atoms with Crippen LogP contribution in [-0.4, -0.2) is 11.5 Å². The molecule has 0 saturated heterocycles. The molecule has 1 N–H and O–H groups in total. The van der Waals surface area contributed by atoms with Gasteiger partial charge >= 0.3 is 0 Å². The van der Waals surface area contributed by atoms with Gasteiger partial charge in [-0.3, -0.25) is 4.98 Å². The van der Waals surface area contributed by atoms with Gasteiger partial charge in [0.2, 0.25) is 0 Å². The molecular weight excluding hydrogens is 440 g/mol. The van der Waals surface area contributed by atoms with E-state index in [0.717, 1.165) is 37.8 Å². The van der Waals surface area contributed by atoms with Crippen molar-refractivity contribution >= 4 is 47.8 Å². The summed E-state index contributed by atoms with van der Waals surface area (Å²) in [6.45, 7) is 3.02. The topological polar surface area (TPSA) is 38.1 Å². The van der Waals surface area contributed by atoms with Gasteiger partial charge in [0.05, 0.1) is 16.4 Å². The van der Waals surface area contributed by atoms with Crippen molar-refractivity contribution < 1.29 is 4.42 Å². The minimum Gasteiger partial charge on any atom is -0.466 e. The van der Waals surface area contributed by atoms with E-state index in [1.807, 2.05) is 12.1 Å². The van der Waals surface area contributed by atoms with Crippen LogP contribution in [0.25, 0.3) is 0 Å². The molecule has 0 aromatic carbocycles. The van der Waals surface area contributed by atoms with Gasteiger partial charge in [0, 0.05) is 15.1 Å². The van der Waals surface area contributed by atoms with Crippen molar-refractivity contribution in [3.63, 3.8) is 0 Å². The number of pyridine rings is 1. The van der Waals surface area contributed by atoms with E-state index < -0.39 is 0 Å². The lowest BCUT2D eigenvalue weighted by atomic mass is 10.1. The van der Waals surface area contributed by atoms with Gasteiger partial charge in [-0.25, -0.2) is 0 Å². The molecule has 0 spiro atoms. The summed E-state index contributed by atoms with van der Waals surface area (Å²) in [7, 11) is 0. The van der Waals surface area contributed by atoms with Gasteiger partial charge in [0.25, 0.3) is 0 Å². The SMILES string of the molecule is CCCNC(c1ncc(Br)cc1Br)c1occc1Br. The van der Waals surface area contributed by atoms with E-state index in [0.29, 0.717) is 0 Å². The molecule has 0 bridgehead atoms. The maximum Gasteiger partial charge on any atom is 0.141 e. The number of hydrogen-bond donors (Lipinski definition) is 1. The van der Waals surface area contributed by atoms with Crippen LogP contribution in [0.15, 0.2) is 42.4 Å². The zero-order chi connectivity index (χ0) is 13.8. The second-order valence-corrected chi connectivity index (χ2v) is 6.66. The monoisotopic (exact) mass is 450 g/mol. The van der Waals surface area contributed by atoms with Crippen LogP contribution in [0.4, 0.5) is 0 Å². The first-order valence-electron chi connectivity index (χ1n) is 5.90. The molecule has 0 amide bonds. The van der Waals surface area contributed by atoms with Crippen LogP contribution in [0.5, 0.6) is 0 Å². The Bertz CT molecular complexity index is 557. The Kier molecular flexibility index (Phi) is 5.62. The molecule has 0 fully saturated rings. The Hall–Kier alpha value is -0.170. The number of hydrogen-bond acceptors (Lipinski definition) is 3. The fourth-order valence-electron chi connectivity index (χ4n) is 1.75. The Morgan fingerprint density at radius 1 is 1.32 bits per heavy atom. The summed E-state index contributed by atoms with van der Waals surface area (Å²) in [5.74, 6) is 0.837. The summed E-state index contributed by atoms with van der Waals surface area (Å²) in [6.07, 6.45) is 4.51. The summed E-state index contributed by atoms with van der Waals surface area (Å²) in [4.78, 5) is 4.49. The lowest BCUT2D eigenvalue weighted by Gasteiger charge is -2.18. The van der Waals surface area contributed by atoms with E-state index in [1.165, 1.54) is 0 Å². The molecule has 0 radical (unpaired) electrons. The number of aromatic nitrogens is 1. The number of rotatable bonds is 5. The van der Waals surface area contributed by atoms with E-state index in [4.69, 9.17) is 4.42 Å². The molecule has 2 rings (SSSR count). The predicted molar refractivity (Wildman–Crippen MR) is 86.2 cm³/mol. The minimum absolute atomic E-state index is 0.0770. The molecule has 0 aliphatic heterocycles. The van der Waals surface area contributed by atoms with Gasteiger partial charge in [0.15, 0.2) is 0 Å². The number of nitrogens with one attached hydrogen (secondary N) is 1. The average molecular weight is 453 g/mol. The van der Waals surface area contributed by atoms with Crippen molar-refractivity contribution in [3.05, 3.63) is 49.5 Å². The van der Waals surface area contributed by atoms with E-state index in [1.54, 1.807) is 12.5 Å². The fraction of sp³-hybridized carbons (Fsp3) is 0.308. The van der Waals surface area contributed by atoms with Crippen LogP contribution in [0.3, 0.4) is 0 Å². The van der Waals surface area contributed by atoms with Crippen molar-refractivity contribution in [1.29, 1.82) is 0 Å². The van der Waals surface area contributed by atoms with Crippen molar-refractivity contribution in [2.75, 3.05) is 6.54 Å². The highest BCUT2D eigenvalue weighted by atomic mass is 79.9. The third kappa shape index (κ3) is 3.68. The molecule has 0 aliphatic rings. The maximum atomic E-state index is 5.58. The second-order valence-electron chi connectivity index (χ2n) is 4.04. The van der Waals surface area contributed by atoms with Crippen molar-refractivity contribution in [1.82, 2.24) is 10.3 Å². The van der Waals surface area contributed by atoms with Crippen LogP contribution in [0.1, 0.15) is 30.8 Å². The van der Waals surface area contributed by atoms with E-state index in [9.17, 15) is 0 Å². The molecule has 1 atom stereocenters. The Morgan fingerprint density at radius 3 is 2.68 bits per heavy atom. The Labute approximate surface area is 137 Å². The van der Waals surface area contributed by atoms with Crippen LogP contribution >= 0.6 is 47.8 Å². The van der Waals surface area contributed by atoms with E-state index in [-0.39, 0.29) is 6.04 Å². The lowest BCUT2D eigenvalue weighted by molar-refractivity contribution is 0.438. The largest absolute Gasteiger partial charge is 0.466 e. The third-order valence-electron chi connectivity index (χ3n) is 2.62. The van der Waals surface area contributed by atoms with Gasteiger partial charge < -0.3 is 9.73 Å². The molecule has 0 aliphatic carbocycles. The van der Waals surface area contributed by atoms with E-state index >= 15 is 0 Å². The van der Waals surface area contributed by atoms with Gasteiger partial charge in [-0.1, -0.05) is 6.92 Å². The predicted octanol–water partition coefficient (Wildman–Crippen LogP) is 5.05. The minimum atomic E-state index is -0.0770. The van der Waals surface area contributed by atoms with Gasteiger partial charge in [-0.15, -0.1) is 0 Å². The molecule has 0 saturated carbocycles. The molecule has 2 aromatic rings. The highest BCUT2D eigenvalue weighted by molar-refractivity contribution is 9.11. The quantitative estimate of drug-likeness (QED) is 0.689. The number of halogens is 3.